The van der Waals surface area contributed by atoms with Crippen molar-refractivity contribution in [1.82, 2.24) is 60.7 Å². The molecule has 19 nitrogen and oxygen atoms in total. The number of likely N-dealkylation sites (tertiary alicyclic amines) is 1. The molecule has 1 saturated carbocycles. The number of nitrogens with zero attached hydrogens (tertiary/aromatic N) is 10. The molecule has 1 aliphatic carbocycles. The van der Waals surface area contributed by atoms with Gasteiger partial charge in [0.2, 0.25) is 11.8 Å². The van der Waals surface area contributed by atoms with Crippen LogP contribution in [0.25, 0.3) is 55.3 Å². The summed E-state index contributed by atoms with van der Waals surface area (Å²) in [6.45, 7) is 10.8. The van der Waals surface area contributed by atoms with Crippen LogP contribution in [0.5, 0.6) is 11.8 Å². The van der Waals surface area contributed by atoms with Gasteiger partial charge in [-0.05, 0) is 97.7 Å². The number of piperazine rings is 1. The van der Waals surface area contributed by atoms with Crippen LogP contribution in [-0.2, 0) is 20.9 Å². The van der Waals surface area contributed by atoms with E-state index in [9.17, 15) is 14.7 Å². The van der Waals surface area contributed by atoms with Gasteiger partial charge in [0.15, 0.2) is 5.75 Å². The Balaban J connectivity index is 0.777. The summed E-state index contributed by atoms with van der Waals surface area (Å²) in [6.07, 6.45) is 12.3. The third-order valence-corrected chi connectivity index (χ3v) is 17.1. The summed E-state index contributed by atoms with van der Waals surface area (Å²) in [4.78, 5) is 51.6. The molecule has 20 heteroatoms. The minimum absolute atomic E-state index is 0.108. The number of benzene rings is 4. The van der Waals surface area contributed by atoms with Gasteiger partial charge in [-0.1, -0.05) is 67.6 Å². The quantitative estimate of drug-likeness (QED) is 0.0674. The lowest BCUT2D eigenvalue weighted by molar-refractivity contribution is -0.142. The Hall–Kier alpha value is -7.94. The molecule has 8 heterocycles. The molecular weight excluding hydrogens is 1030 g/mol. The Morgan fingerprint density at radius 3 is 2.48 bits per heavy atom. The highest BCUT2D eigenvalue weighted by atomic mass is 19.1. The average molecular weight is 1100 g/mol. The first-order valence-corrected chi connectivity index (χ1v) is 28.5. The first kappa shape index (κ1) is 52.4. The maximum atomic E-state index is 16.2. The molecule has 5 aliphatic rings. The Morgan fingerprint density at radius 2 is 1.75 bits per heavy atom. The number of rotatable bonds is 17. The summed E-state index contributed by atoms with van der Waals surface area (Å²) in [5.74, 6) is 0.514. The van der Waals surface area contributed by atoms with E-state index in [0.29, 0.717) is 66.7 Å². The van der Waals surface area contributed by atoms with E-state index in [2.05, 4.69) is 52.1 Å². The molecule has 4 N–H and O–H groups in total. The number of aromatic nitrogens is 9. The van der Waals surface area contributed by atoms with Gasteiger partial charge in [-0.15, -0.1) is 5.10 Å². The van der Waals surface area contributed by atoms with Crippen molar-refractivity contribution in [2.45, 2.75) is 121 Å². The van der Waals surface area contributed by atoms with E-state index in [1.165, 1.54) is 12.4 Å². The van der Waals surface area contributed by atoms with Gasteiger partial charge in [-0.25, -0.2) is 19.0 Å². The van der Waals surface area contributed by atoms with E-state index in [1.807, 2.05) is 76.2 Å². The minimum atomic E-state index is -0.733. The zero-order valence-electron chi connectivity index (χ0n) is 45.9. The molecule has 2 bridgehead atoms. The number of ether oxygens (including phenoxy) is 3. The number of aliphatic hydroxyl groups is 1. The van der Waals surface area contributed by atoms with Crippen LogP contribution >= 0.6 is 0 Å². The van der Waals surface area contributed by atoms with Gasteiger partial charge in [0.25, 0.3) is 0 Å². The van der Waals surface area contributed by atoms with Gasteiger partial charge in [-0.2, -0.15) is 15.1 Å². The van der Waals surface area contributed by atoms with E-state index in [0.717, 1.165) is 112 Å². The number of hydrogen-bond acceptors (Lipinski definition) is 15. The Morgan fingerprint density at radius 1 is 0.951 bits per heavy atom. The van der Waals surface area contributed by atoms with Crippen LogP contribution in [0.15, 0.2) is 85.6 Å². The second-order valence-electron chi connectivity index (χ2n) is 22.8. The average Bonchev–Trinajstić information content (AvgIpc) is 4.10. The number of aryl methyl sites for hydroxylation is 1. The van der Waals surface area contributed by atoms with E-state index >= 15 is 4.39 Å². The molecule has 13 rings (SSSR count). The van der Waals surface area contributed by atoms with Gasteiger partial charge in [0, 0.05) is 89.5 Å². The zero-order chi connectivity index (χ0) is 55.5. The summed E-state index contributed by atoms with van der Waals surface area (Å²) in [5.41, 5.74) is 9.92. The lowest BCUT2D eigenvalue weighted by Crippen LogP contribution is -2.50. The Labute approximate surface area is 468 Å². The summed E-state index contributed by atoms with van der Waals surface area (Å²) < 4.78 is 37.3. The minimum Gasteiger partial charge on any atom is -0.486 e. The number of carbonyl (C=O) groups is 2. The summed E-state index contributed by atoms with van der Waals surface area (Å²) >= 11 is 0. The molecule has 418 valence electrons. The van der Waals surface area contributed by atoms with Gasteiger partial charge in [-0.3, -0.25) is 14.7 Å². The molecule has 8 aromatic rings. The predicted molar refractivity (Wildman–Crippen MR) is 302 cm³/mol. The lowest BCUT2D eigenvalue weighted by atomic mass is 9.88. The fourth-order valence-electron chi connectivity index (χ4n) is 12.6. The maximum absolute atomic E-state index is 16.2. The lowest BCUT2D eigenvalue weighted by Gasteiger charge is -2.31. The predicted octanol–water partition coefficient (Wildman–Crippen LogP) is 8.25. The fourth-order valence-corrected chi connectivity index (χ4v) is 12.6. The number of hydrogen-bond donors (Lipinski definition) is 4. The summed E-state index contributed by atoms with van der Waals surface area (Å²) in [6, 6.07) is 18.0. The number of anilines is 1. The van der Waals surface area contributed by atoms with Crippen molar-refractivity contribution in [2.75, 3.05) is 44.4 Å². The van der Waals surface area contributed by atoms with Gasteiger partial charge < -0.3 is 39.8 Å². The number of aliphatic hydroxyl groups excluding tert-OH is 1. The molecule has 4 aromatic carbocycles. The third-order valence-electron chi connectivity index (χ3n) is 17.1. The molecule has 4 aromatic heterocycles. The highest BCUT2D eigenvalue weighted by Crippen LogP contribution is 2.53. The van der Waals surface area contributed by atoms with Crippen LogP contribution in [0.3, 0.4) is 0 Å². The number of nitrogens with one attached hydrogen (secondary N) is 3. The first-order chi connectivity index (χ1) is 39.5. The Kier molecular flexibility index (Phi) is 14.1. The number of fused-ring (bicyclic) bond motifs is 4. The molecule has 0 radical (unpaired) electrons. The molecule has 5 atom stereocenters. The largest absolute Gasteiger partial charge is 0.486 e. The van der Waals surface area contributed by atoms with Crippen molar-refractivity contribution in [3.05, 3.63) is 119 Å². The maximum Gasteiger partial charge on any atom is 0.319 e. The van der Waals surface area contributed by atoms with E-state index in [-0.39, 0.29) is 60.8 Å². The smallest absolute Gasteiger partial charge is 0.319 e. The second-order valence-corrected chi connectivity index (χ2v) is 22.8. The van der Waals surface area contributed by atoms with Crippen LogP contribution in [0, 0.1) is 25.6 Å². The van der Waals surface area contributed by atoms with Crippen molar-refractivity contribution in [1.29, 1.82) is 0 Å². The van der Waals surface area contributed by atoms with Gasteiger partial charge in [0.05, 0.1) is 43.8 Å². The molecule has 81 heavy (non-hydrogen) atoms. The molecule has 2 amide bonds. The van der Waals surface area contributed by atoms with Crippen LogP contribution in [0.1, 0.15) is 105 Å². The fraction of sp³-hybridized carbons (Fsp3) is 0.426. The molecule has 5 fully saturated rings. The van der Waals surface area contributed by atoms with Crippen LogP contribution in [0.2, 0.25) is 0 Å². The molecule has 0 unspecified atom stereocenters. The number of H-pyrrole nitrogens is 1. The summed E-state index contributed by atoms with van der Waals surface area (Å²) in [5, 5.41) is 35.3. The van der Waals surface area contributed by atoms with Crippen molar-refractivity contribution >= 4 is 39.4 Å². The topological polar surface area (TPSA) is 224 Å². The number of aromatic amines is 1. The number of halogens is 1. The van der Waals surface area contributed by atoms with Gasteiger partial charge in [0.1, 0.15) is 54.0 Å². The van der Waals surface area contributed by atoms with E-state index in [4.69, 9.17) is 24.2 Å². The van der Waals surface area contributed by atoms with Crippen LogP contribution in [0.4, 0.5) is 10.2 Å². The SMILES string of the molecule is Cc1ncncc1-c1ccc([C@H](CO)NC(=O)[C@@H]2CCCN2C(=O)[C@H](C(C)C)n2cc(-c3ccc(COc4c(-c5c(C)c(F)cc6[nH]ncc56)c(C5CC5)cc5c(N6C[C@@H]7C[C@H]6CN7)nc(OC6CCOCC6)nc45)cc3)nn2)cc1. The number of amides is 2. The highest BCUT2D eigenvalue weighted by molar-refractivity contribution is 6.06. The zero-order valence-corrected chi connectivity index (χ0v) is 45.9. The molecular formula is C61H66FN13O6. The molecule has 0 spiro atoms. The van der Waals surface area contributed by atoms with Gasteiger partial charge >= 0.3 is 6.01 Å². The van der Waals surface area contributed by atoms with Crippen molar-refractivity contribution in [2.24, 2.45) is 5.92 Å². The molecule has 4 aliphatic heterocycles. The first-order valence-electron chi connectivity index (χ1n) is 28.5. The van der Waals surface area contributed by atoms with Crippen molar-refractivity contribution in [3.8, 4) is 45.3 Å². The van der Waals surface area contributed by atoms with E-state index in [1.54, 1.807) is 28.2 Å². The van der Waals surface area contributed by atoms with Crippen LogP contribution < -0.4 is 25.0 Å². The standard InChI is InChI=1S/C61H66FN13O6/c1-33(2)56(60(78)73-19-5-6-52(73)59(77)67-51(30-76)40-15-13-38(14-16-40)46-26-63-32-65-35(46)4)75-29-50(71-72-75)39-9-7-36(8-10-39)31-80-57-54(53-34(3)48(62)24-49-47(53)27-66-70-49)44(37-11-12-37)23-45-55(57)68-61(81-43-17-20-79-21-18-43)69-58(45)74-28-41-22-42(74)25-64-41/h7-10,13-16,23-24,26-27,29,32-33,37,41-43,51-52,56,64,76H,5-6,11-12,17-22,25,28,30-31H2,1-4H3,(H,66,70)(H,67,77)/t41-,42-,51-,52-,56-/m0/s1. The normalized spacial score (nSPS) is 20.0. The summed E-state index contributed by atoms with van der Waals surface area (Å²) in [7, 11) is 0. The van der Waals surface area contributed by atoms with Crippen molar-refractivity contribution < 1.29 is 33.3 Å². The second kappa shape index (κ2) is 21.8. The monoisotopic (exact) mass is 1100 g/mol. The Bertz CT molecular complexity index is 3660. The van der Waals surface area contributed by atoms with Crippen molar-refractivity contribution in [3.63, 3.8) is 0 Å². The number of carbonyl (C=O) groups excluding carboxylic acids is 2. The third kappa shape index (κ3) is 10.1. The highest BCUT2D eigenvalue weighted by Gasteiger charge is 2.42. The molecule has 4 saturated heterocycles. The van der Waals surface area contributed by atoms with E-state index < -0.39 is 18.1 Å². The van der Waals surface area contributed by atoms with Crippen LogP contribution in [-0.4, -0.2) is 131 Å².